The first-order valence-corrected chi connectivity index (χ1v) is 4.00. The molecule has 66 valence electrons. The summed E-state index contributed by atoms with van der Waals surface area (Å²) in [5.41, 5.74) is -1.18. The smallest absolute Gasteiger partial charge is 0.265 e. The van der Waals surface area contributed by atoms with Gasteiger partial charge in [0.15, 0.2) is 0 Å². The van der Waals surface area contributed by atoms with Crippen molar-refractivity contribution in [3.8, 4) is 5.88 Å². The van der Waals surface area contributed by atoms with Crippen molar-refractivity contribution in [2.45, 2.75) is 6.43 Å². The molecule has 2 N–H and O–H groups in total. The van der Waals surface area contributed by atoms with Crippen LogP contribution in [-0.4, -0.2) is 10.1 Å². The number of pyridine rings is 1. The van der Waals surface area contributed by atoms with Crippen LogP contribution in [0.1, 0.15) is 12.0 Å². The Morgan fingerprint density at radius 1 is 1.58 bits per heavy atom. The third kappa shape index (κ3) is 1.74. The van der Waals surface area contributed by atoms with Crippen molar-refractivity contribution in [3.05, 3.63) is 25.6 Å². The lowest BCUT2D eigenvalue weighted by atomic mass is 10.3. The minimum atomic E-state index is -2.75. The second-order valence-electron chi connectivity index (χ2n) is 2.05. The Morgan fingerprint density at radius 2 is 2.17 bits per heavy atom. The molecule has 6 heteroatoms. The first-order valence-electron chi connectivity index (χ1n) is 2.92. The minimum Gasteiger partial charge on any atom is -0.494 e. The van der Waals surface area contributed by atoms with E-state index in [9.17, 15) is 13.6 Å². The van der Waals surface area contributed by atoms with Crippen LogP contribution in [0.3, 0.4) is 0 Å². The highest BCUT2D eigenvalue weighted by atomic mass is 127. The second-order valence-corrected chi connectivity index (χ2v) is 3.13. The molecule has 1 rings (SSSR count). The van der Waals surface area contributed by atoms with Gasteiger partial charge in [-0.3, -0.25) is 9.78 Å². The molecular weight excluding hydrogens is 283 g/mol. The average molecular weight is 287 g/mol. The first-order chi connectivity index (χ1) is 5.52. The van der Waals surface area contributed by atoms with Gasteiger partial charge in [-0.2, -0.15) is 0 Å². The number of aromatic nitrogens is 1. The molecule has 0 unspecified atom stereocenters. The zero-order valence-electron chi connectivity index (χ0n) is 5.64. The number of halogens is 3. The van der Waals surface area contributed by atoms with Crippen LogP contribution in [0.15, 0.2) is 10.9 Å². The topological polar surface area (TPSA) is 53.1 Å². The summed E-state index contributed by atoms with van der Waals surface area (Å²) >= 11 is 1.54. The predicted octanol–water partition coefficient (Wildman–Crippen LogP) is 1.62. The summed E-state index contributed by atoms with van der Waals surface area (Å²) in [4.78, 5) is 12.6. The fourth-order valence-corrected chi connectivity index (χ4v) is 1.23. The van der Waals surface area contributed by atoms with Crippen LogP contribution in [0.25, 0.3) is 0 Å². The van der Waals surface area contributed by atoms with E-state index in [0.717, 1.165) is 6.07 Å². The van der Waals surface area contributed by atoms with Gasteiger partial charge in [-0.05, 0) is 22.6 Å². The molecule has 0 fully saturated rings. The number of H-pyrrole nitrogens is 1. The summed E-state index contributed by atoms with van der Waals surface area (Å²) in [5.74, 6) is -0.515. The molecular formula is C6H4F2INO2. The number of hydrogen-bond acceptors (Lipinski definition) is 2. The Balaban J connectivity index is 3.38. The van der Waals surface area contributed by atoms with E-state index in [1.54, 1.807) is 0 Å². The molecule has 1 heterocycles. The van der Waals surface area contributed by atoms with Gasteiger partial charge in [0, 0.05) is 11.6 Å². The lowest BCUT2D eigenvalue weighted by Gasteiger charge is -2.02. The Morgan fingerprint density at radius 3 is 2.67 bits per heavy atom. The van der Waals surface area contributed by atoms with Crippen molar-refractivity contribution in [1.29, 1.82) is 0 Å². The van der Waals surface area contributed by atoms with Gasteiger partial charge in [0.25, 0.3) is 12.0 Å². The SMILES string of the molecule is O=c1cc(C(F)F)c(I)c(O)[nH]1. The van der Waals surface area contributed by atoms with Crippen LogP contribution < -0.4 is 5.56 Å². The van der Waals surface area contributed by atoms with Crippen LogP contribution in [0.4, 0.5) is 8.78 Å². The summed E-state index contributed by atoms with van der Waals surface area (Å²) in [5, 5.41) is 8.93. The summed E-state index contributed by atoms with van der Waals surface area (Å²) in [6.07, 6.45) is -2.75. The molecule has 0 aliphatic carbocycles. The number of hydrogen-bond donors (Lipinski definition) is 2. The molecule has 3 nitrogen and oxygen atoms in total. The molecule has 0 saturated carbocycles. The molecule has 0 spiro atoms. The van der Waals surface area contributed by atoms with Crippen molar-refractivity contribution in [2.75, 3.05) is 0 Å². The minimum absolute atomic E-state index is 0.0257. The Hall–Kier alpha value is -0.660. The number of aromatic hydroxyl groups is 1. The molecule has 0 atom stereocenters. The van der Waals surface area contributed by atoms with E-state index >= 15 is 0 Å². The Kier molecular flexibility index (Phi) is 2.65. The molecule has 0 aliphatic heterocycles. The van der Waals surface area contributed by atoms with Crippen LogP contribution >= 0.6 is 22.6 Å². The van der Waals surface area contributed by atoms with E-state index in [1.807, 2.05) is 4.98 Å². The van der Waals surface area contributed by atoms with Gasteiger partial charge in [0.2, 0.25) is 5.88 Å². The van der Waals surface area contributed by atoms with Gasteiger partial charge in [-0.25, -0.2) is 8.78 Å². The maximum atomic E-state index is 12.1. The molecule has 0 aliphatic rings. The van der Waals surface area contributed by atoms with Crippen molar-refractivity contribution in [2.24, 2.45) is 0 Å². The van der Waals surface area contributed by atoms with Gasteiger partial charge >= 0.3 is 0 Å². The predicted molar refractivity (Wildman–Crippen MR) is 46.4 cm³/mol. The summed E-state index contributed by atoms with van der Waals surface area (Å²) in [6.45, 7) is 0. The molecule has 0 bridgehead atoms. The summed E-state index contributed by atoms with van der Waals surface area (Å²) in [7, 11) is 0. The maximum absolute atomic E-state index is 12.1. The van der Waals surface area contributed by atoms with Crippen LogP contribution in [0.5, 0.6) is 5.88 Å². The Labute approximate surface area is 79.6 Å². The monoisotopic (exact) mass is 287 g/mol. The third-order valence-electron chi connectivity index (χ3n) is 1.22. The normalized spacial score (nSPS) is 10.7. The standard InChI is InChI=1S/C6H4F2INO2/c7-5(8)2-1-3(11)10-6(12)4(2)9/h1,5H,(H2,10,11,12). The summed E-state index contributed by atoms with van der Waals surface area (Å²) < 4.78 is 24.2. The van der Waals surface area contributed by atoms with Crippen molar-refractivity contribution in [3.63, 3.8) is 0 Å². The number of rotatable bonds is 1. The fraction of sp³-hybridized carbons (Fsp3) is 0.167. The molecule has 12 heavy (non-hydrogen) atoms. The van der Waals surface area contributed by atoms with Gasteiger partial charge in [-0.15, -0.1) is 0 Å². The molecule has 0 amide bonds. The van der Waals surface area contributed by atoms with E-state index < -0.39 is 23.4 Å². The van der Waals surface area contributed by atoms with Gasteiger partial charge in [0.05, 0.1) is 3.57 Å². The van der Waals surface area contributed by atoms with Crippen molar-refractivity contribution in [1.82, 2.24) is 4.98 Å². The van der Waals surface area contributed by atoms with Crippen LogP contribution in [0.2, 0.25) is 0 Å². The highest BCUT2D eigenvalue weighted by Gasteiger charge is 2.15. The lowest BCUT2D eigenvalue weighted by Crippen LogP contribution is -2.07. The lowest BCUT2D eigenvalue weighted by molar-refractivity contribution is 0.149. The average Bonchev–Trinajstić information content (AvgIpc) is 1.96. The highest BCUT2D eigenvalue weighted by molar-refractivity contribution is 14.1. The van der Waals surface area contributed by atoms with E-state index in [0.29, 0.717) is 0 Å². The second kappa shape index (κ2) is 3.38. The van der Waals surface area contributed by atoms with Crippen molar-refractivity contribution >= 4 is 22.6 Å². The molecule has 1 aromatic heterocycles. The number of nitrogens with one attached hydrogen (secondary N) is 1. The van der Waals surface area contributed by atoms with E-state index in [1.165, 1.54) is 22.6 Å². The van der Waals surface area contributed by atoms with Crippen molar-refractivity contribution < 1.29 is 13.9 Å². The van der Waals surface area contributed by atoms with Gasteiger partial charge < -0.3 is 5.11 Å². The maximum Gasteiger partial charge on any atom is 0.265 e. The molecule has 0 aromatic carbocycles. The summed E-state index contributed by atoms with van der Waals surface area (Å²) in [6, 6.07) is 0.770. The molecule has 0 radical (unpaired) electrons. The highest BCUT2D eigenvalue weighted by Crippen LogP contribution is 2.26. The van der Waals surface area contributed by atoms with Crippen LogP contribution in [-0.2, 0) is 0 Å². The molecule has 1 aromatic rings. The van der Waals surface area contributed by atoms with Crippen LogP contribution in [0, 0.1) is 3.57 Å². The fourth-order valence-electron chi connectivity index (χ4n) is 0.708. The zero-order valence-corrected chi connectivity index (χ0v) is 7.80. The van der Waals surface area contributed by atoms with E-state index in [-0.39, 0.29) is 3.57 Å². The van der Waals surface area contributed by atoms with Gasteiger partial charge in [0.1, 0.15) is 0 Å². The quantitative estimate of drug-likeness (QED) is 0.771. The van der Waals surface area contributed by atoms with Gasteiger partial charge in [-0.1, -0.05) is 0 Å². The largest absolute Gasteiger partial charge is 0.494 e. The van der Waals surface area contributed by atoms with E-state index in [4.69, 9.17) is 5.11 Å². The first kappa shape index (κ1) is 9.43. The van der Waals surface area contributed by atoms with E-state index in [2.05, 4.69) is 0 Å². The number of alkyl halides is 2. The Bertz CT molecular complexity index is 350. The zero-order chi connectivity index (χ0) is 9.30. The third-order valence-corrected chi connectivity index (χ3v) is 2.36. The number of aromatic amines is 1. The molecule has 0 saturated heterocycles.